The Kier molecular flexibility index (Phi) is 2.64. The lowest BCUT2D eigenvalue weighted by atomic mass is 10.2. The summed E-state index contributed by atoms with van der Waals surface area (Å²) in [6.45, 7) is 2.26. The summed E-state index contributed by atoms with van der Waals surface area (Å²) in [7, 11) is 0. The highest BCUT2D eigenvalue weighted by Crippen LogP contribution is 2.30. The van der Waals surface area contributed by atoms with E-state index in [0.717, 1.165) is 10.1 Å². The highest BCUT2D eigenvalue weighted by Gasteiger charge is 2.24. The van der Waals surface area contributed by atoms with Crippen LogP contribution < -0.4 is 11.1 Å². The van der Waals surface area contributed by atoms with Crippen molar-refractivity contribution in [1.82, 2.24) is 4.98 Å². The number of anilines is 2. The van der Waals surface area contributed by atoms with Gasteiger partial charge in [-0.3, -0.25) is 0 Å². The number of hydrogen-bond donors (Lipinski definition) is 2. The highest BCUT2D eigenvalue weighted by atomic mass is 32.2. The molecule has 0 spiro atoms. The van der Waals surface area contributed by atoms with E-state index >= 15 is 0 Å². The molecule has 1 saturated heterocycles. The average Bonchev–Trinajstić information content (AvgIpc) is 2.64. The fraction of sp³-hybridized carbons (Fsp3) is 0.625. The summed E-state index contributed by atoms with van der Waals surface area (Å²) in [5, 5.41) is 5.84. The maximum absolute atomic E-state index is 5.60. The van der Waals surface area contributed by atoms with Crippen LogP contribution in [0.4, 0.5) is 10.1 Å². The van der Waals surface area contributed by atoms with E-state index in [4.69, 9.17) is 5.73 Å². The molecule has 0 bridgehead atoms. The van der Waals surface area contributed by atoms with Gasteiger partial charge in [0, 0.05) is 11.3 Å². The zero-order valence-corrected chi connectivity index (χ0v) is 9.12. The molecule has 72 valence electrons. The standard InChI is InChI=1S/C8H13N3S2/c1-5-6(2-3-12-5)11-8-10-4-7(9)13-8/h4-6H,2-3,9H2,1H3,(H,10,11). The van der Waals surface area contributed by atoms with Crippen molar-refractivity contribution in [2.24, 2.45) is 0 Å². The number of nitrogen functional groups attached to an aromatic ring is 1. The summed E-state index contributed by atoms with van der Waals surface area (Å²) in [5.74, 6) is 1.25. The maximum atomic E-state index is 5.60. The van der Waals surface area contributed by atoms with Crippen molar-refractivity contribution >= 4 is 33.2 Å². The minimum Gasteiger partial charge on any atom is -0.389 e. The molecule has 3 N–H and O–H groups in total. The maximum Gasteiger partial charge on any atom is 0.184 e. The fourth-order valence-electron chi connectivity index (χ4n) is 1.43. The minimum atomic E-state index is 0.565. The van der Waals surface area contributed by atoms with E-state index in [0.29, 0.717) is 11.3 Å². The van der Waals surface area contributed by atoms with Crippen LogP contribution >= 0.6 is 23.1 Å². The van der Waals surface area contributed by atoms with Gasteiger partial charge in [-0.2, -0.15) is 11.8 Å². The number of aromatic nitrogens is 1. The van der Waals surface area contributed by atoms with Crippen LogP contribution in [0.3, 0.4) is 0 Å². The molecule has 1 aliphatic heterocycles. The van der Waals surface area contributed by atoms with Crippen molar-refractivity contribution < 1.29 is 0 Å². The predicted octanol–water partition coefficient (Wildman–Crippen LogP) is 2.03. The molecule has 0 saturated carbocycles. The van der Waals surface area contributed by atoms with E-state index in [1.165, 1.54) is 23.5 Å². The van der Waals surface area contributed by atoms with Gasteiger partial charge in [-0.15, -0.1) is 0 Å². The number of nitrogens with zero attached hydrogens (tertiary/aromatic N) is 1. The molecule has 1 aliphatic rings. The Bertz CT molecular complexity index is 287. The first-order chi connectivity index (χ1) is 6.25. The van der Waals surface area contributed by atoms with Crippen LogP contribution in [0.15, 0.2) is 6.20 Å². The molecular weight excluding hydrogens is 202 g/mol. The summed E-state index contributed by atoms with van der Waals surface area (Å²) in [6.07, 6.45) is 2.94. The first-order valence-corrected chi connectivity index (χ1v) is 6.21. The lowest BCUT2D eigenvalue weighted by molar-refractivity contribution is 0.723. The van der Waals surface area contributed by atoms with Crippen molar-refractivity contribution in [3.8, 4) is 0 Å². The lowest BCUT2D eigenvalue weighted by Gasteiger charge is -2.14. The second-order valence-corrected chi connectivity index (χ2v) is 5.73. The van der Waals surface area contributed by atoms with Crippen LogP contribution in [0.2, 0.25) is 0 Å². The molecule has 2 heterocycles. The molecule has 0 aromatic carbocycles. The Morgan fingerprint density at radius 3 is 3.08 bits per heavy atom. The van der Waals surface area contributed by atoms with E-state index in [-0.39, 0.29) is 0 Å². The van der Waals surface area contributed by atoms with Gasteiger partial charge >= 0.3 is 0 Å². The fourth-order valence-corrected chi connectivity index (χ4v) is 3.28. The zero-order valence-electron chi connectivity index (χ0n) is 7.49. The van der Waals surface area contributed by atoms with Crippen LogP contribution in [-0.2, 0) is 0 Å². The molecule has 0 radical (unpaired) electrons. The van der Waals surface area contributed by atoms with E-state index in [9.17, 15) is 0 Å². The van der Waals surface area contributed by atoms with Gasteiger partial charge in [-0.1, -0.05) is 18.3 Å². The zero-order chi connectivity index (χ0) is 9.26. The SMILES string of the molecule is CC1SCCC1Nc1ncc(N)s1. The smallest absolute Gasteiger partial charge is 0.184 e. The van der Waals surface area contributed by atoms with Gasteiger partial charge in [0.15, 0.2) is 5.13 Å². The van der Waals surface area contributed by atoms with Crippen molar-refractivity contribution in [2.75, 3.05) is 16.8 Å². The summed E-state index contributed by atoms with van der Waals surface area (Å²) >= 11 is 3.54. The number of rotatable bonds is 2. The first kappa shape index (κ1) is 9.15. The summed E-state index contributed by atoms with van der Waals surface area (Å²) in [4.78, 5) is 4.19. The molecular formula is C8H13N3S2. The molecule has 0 aliphatic carbocycles. The second kappa shape index (κ2) is 3.75. The summed E-state index contributed by atoms with van der Waals surface area (Å²) < 4.78 is 0. The first-order valence-electron chi connectivity index (χ1n) is 4.35. The van der Waals surface area contributed by atoms with Gasteiger partial charge in [0.05, 0.1) is 6.20 Å². The van der Waals surface area contributed by atoms with Crippen LogP contribution in [-0.4, -0.2) is 22.0 Å². The molecule has 1 aromatic heterocycles. The number of nitrogens with two attached hydrogens (primary N) is 1. The molecule has 3 nitrogen and oxygen atoms in total. The monoisotopic (exact) mass is 215 g/mol. The summed E-state index contributed by atoms with van der Waals surface area (Å²) in [5.41, 5.74) is 5.60. The molecule has 1 aromatic rings. The molecule has 1 fully saturated rings. The van der Waals surface area contributed by atoms with Crippen molar-refractivity contribution in [3.05, 3.63) is 6.20 Å². The lowest BCUT2D eigenvalue weighted by Crippen LogP contribution is -2.24. The van der Waals surface area contributed by atoms with E-state index in [1.807, 2.05) is 11.8 Å². The van der Waals surface area contributed by atoms with Gasteiger partial charge < -0.3 is 11.1 Å². The average molecular weight is 215 g/mol. The van der Waals surface area contributed by atoms with Crippen LogP contribution in [0.1, 0.15) is 13.3 Å². The highest BCUT2D eigenvalue weighted by molar-refractivity contribution is 8.00. The van der Waals surface area contributed by atoms with Crippen LogP contribution in [0.25, 0.3) is 0 Å². The number of thiazole rings is 1. The van der Waals surface area contributed by atoms with Gasteiger partial charge in [-0.05, 0) is 12.2 Å². The van der Waals surface area contributed by atoms with Crippen molar-refractivity contribution in [1.29, 1.82) is 0 Å². The predicted molar refractivity (Wildman–Crippen MR) is 60.5 cm³/mol. The second-order valence-electron chi connectivity index (χ2n) is 3.18. The third-order valence-electron chi connectivity index (χ3n) is 2.21. The number of nitrogens with one attached hydrogen (secondary N) is 1. The quantitative estimate of drug-likeness (QED) is 0.792. The van der Waals surface area contributed by atoms with E-state index in [1.54, 1.807) is 6.20 Å². The van der Waals surface area contributed by atoms with Gasteiger partial charge in [0.25, 0.3) is 0 Å². The van der Waals surface area contributed by atoms with E-state index in [2.05, 4.69) is 17.2 Å². The molecule has 13 heavy (non-hydrogen) atoms. The third kappa shape index (κ3) is 2.08. The van der Waals surface area contributed by atoms with Gasteiger partial charge in [-0.25, -0.2) is 4.98 Å². The van der Waals surface area contributed by atoms with Crippen LogP contribution in [0.5, 0.6) is 0 Å². The Hall–Kier alpha value is -0.420. The molecule has 2 atom stereocenters. The Morgan fingerprint density at radius 1 is 1.69 bits per heavy atom. The van der Waals surface area contributed by atoms with Gasteiger partial charge in [0.1, 0.15) is 5.00 Å². The topological polar surface area (TPSA) is 50.9 Å². The molecule has 2 rings (SSSR count). The number of hydrogen-bond acceptors (Lipinski definition) is 5. The van der Waals surface area contributed by atoms with Gasteiger partial charge in [0.2, 0.25) is 0 Å². The molecule has 2 unspecified atom stereocenters. The largest absolute Gasteiger partial charge is 0.389 e. The van der Waals surface area contributed by atoms with Crippen molar-refractivity contribution in [2.45, 2.75) is 24.6 Å². The third-order valence-corrected chi connectivity index (χ3v) is 4.29. The number of thioether (sulfide) groups is 1. The van der Waals surface area contributed by atoms with E-state index < -0.39 is 0 Å². The normalized spacial score (nSPS) is 27.8. The molecule has 5 heteroatoms. The minimum absolute atomic E-state index is 0.565. The molecule has 0 amide bonds. The Balaban J connectivity index is 1.97. The summed E-state index contributed by atoms with van der Waals surface area (Å²) in [6, 6.07) is 0.565. The van der Waals surface area contributed by atoms with Crippen LogP contribution in [0, 0.1) is 0 Å². The Labute approximate surface area is 86.1 Å². The Morgan fingerprint density at radius 2 is 2.54 bits per heavy atom. The van der Waals surface area contributed by atoms with Crippen molar-refractivity contribution in [3.63, 3.8) is 0 Å².